The fourth-order valence-corrected chi connectivity index (χ4v) is 1.49. The average molecular weight is 219 g/mol. The molecule has 0 spiro atoms. The zero-order valence-electron chi connectivity index (χ0n) is 10.1. The molecule has 0 aliphatic carbocycles. The van der Waals surface area contributed by atoms with E-state index in [-0.39, 0.29) is 0 Å². The summed E-state index contributed by atoms with van der Waals surface area (Å²) in [6.07, 6.45) is 6.09. The van der Waals surface area contributed by atoms with Gasteiger partial charge in [-0.3, -0.25) is 0 Å². The van der Waals surface area contributed by atoms with Crippen molar-refractivity contribution in [1.82, 2.24) is 0 Å². The number of benzene rings is 1. The summed E-state index contributed by atoms with van der Waals surface area (Å²) < 4.78 is 0. The van der Waals surface area contributed by atoms with Crippen LogP contribution in [-0.2, 0) is 0 Å². The smallest absolute Gasteiger partial charge is 0.0762 e. The molecule has 0 fully saturated rings. The summed E-state index contributed by atoms with van der Waals surface area (Å²) in [5, 5.41) is 12.8. The third kappa shape index (κ3) is 4.49. The van der Waals surface area contributed by atoms with Crippen LogP contribution in [0.1, 0.15) is 38.4 Å². The first kappa shape index (κ1) is 12.8. The molecule has 1 rings (SSSR count). The van der Waals surface area contributed by atoms with Gasteiger partial charge in [0.1, 0.15) is 0 Å². The van der Waals surface area contributed by atoms with Crippen molar-refractivity contribution in [1.29, 1.82) is 0 Å². The number of allylic oxidation sites excluding steroid dienone is 1. The lowest BCUT2D eigenvalue weighted by atomic mass is 10.1. The first-order valence-corrected chi connectivity index (χ1v) is 5.91. The number of rotatable bonds is 6. The molecule has 2 heteroatoms. The molecular formula is C14H21NO. The van der Waals surface area contributed by atoms with Crippen molar-refractivity contribution in [3.63, 3.8) is 0 Å². The lowest BCUT2D eigenvalue weighted by molar-refractivity contribution is 0.199. The van der Waals surface area contributed by atoms with Crippen LogP contribution in [0.4, 0.5) is 5.69 Å². The third-order valence-corrected chi connectivity index (χ3v) is 2.41. The second-order valence-corrected chi connectivity index (χ2v) is 3.90. The Morgan fingerprint density at radius 3 is 2.88 bits per heavy atom. The number of aliphatic hydroxyl groups excluding tert-OH is 1. The van der Waals surface area contributed by atoms with Crippen LogP contribution in [0.3, 0.4) is 0 Å². The summed E-state index contributed by atoms with van der Waals surface area (Å²) in [5.41, 5.74) is 2.03. The molecule has 0 aliphatic rings. The van der Waals surface area contributed by atoms with E-state index in [4.69, 9.17) is 0 Å². The highest BCUT2D eigenvalue weighted by molar-refractivity contribution is 5.46. The van der Waals surface area contributed by atoms with E-state index >= 15 is 0 Å². The SMILES string of the molecule is CC/C=C/CCNc1cccc([C@@H](C)O)c1. The van der Waals surface area contributed by atoms with E-state index in [1.54, 1.807) is 6.92 Å². The van der Waals surface area contributed by atoms with Crippen LogP contribution >= 0.6 is 0 Å². The molecule has 0 aliphatic heterocycles. The summed E-state index contributed by atoms with van der Waals surface area (Å²) in [4.78, 5) is 0. The van der Waals surface area contributed by atoms with E-state index in [1.807, 2.05) is 24.3 Å². The van der Waals surface area contributed by atoms with Gasteiger partial charge in [0.05, 0.1) is 6.10 Å². The van der Waals surface area contributed by atoms with E-state index in [9.17, 15) is 5.11 Å². The molecule has 0 radical (unpaired) electrons. The van der Waals surface area contributed by atoms with Crippen LogP contribution in [0.15, 0.2) is 36.4 Å². The van der Waals surface area contributed by atoms with Crippen LogP contribution < -0.4 is 5.32 Å². The summed E-state index contributed by atoms with van der Waals surface area (Å²) in [6.45, 7) is 4.85. The maximum absolute atomic E-state index is 9.45. The van der Waals surface area contributed by atoms with Gasteiger partial charge in [0.15, 0.2) is 0 Å². The van der Waals surface area contributed by atoms with Gasteiger partial charge in [-0.05, 0) is 37.5 Å². The van der Waals surface area contributed by atoms with E-state index in [1.165, 1.54) is 0 Å². The Balaban J connectivity index is 2.42. The number of nitrogens with one attached hydrogen (secondary N) is 1. The molecule has 88 valence electrons. The predicted molar refractivity (Wildman–Crippen MR) is 69.6 cm³/mol. The number of hydrogen-bond acceptors (Lipinski definition) is 2. The molecule has 2 nitrogen and oxygen atoms in total. The Kier molecular flexibility index (Phi) is 5.65. The maximum atomic E-state index is 9.45. The maximum Gasteiger partial charge on any atom is 0.0762 e. The van der Waals surface area contributed by atoms with Crippen LogP contribution in [0.5, 0.6) is 0 Å². The summed E-state index contributed by atoms with van der Waals surface area (Å²) in [5.74, 6) is 0. The molecule has 0 saturated carbocycles. The second-order valence-electron chi connectivity index (χ2n) is 3.90. The molecule has 1 atom stereocenters. The normalized spacial score (nSPS) is 12.9. The van der Waals surface area contributed by atoms with E-state index in [0.29, 0.717) is 0 Å². The van der Waals surface area contributed by atoms with Crippen molar-refractivity contribution in [2.75, 3.05) is 11.9 Å². The number of aliphatic hydroxyl groups is 1. The molecule has 2 N–H and O–H groups in total. The molecule has 0 unspecified atom stereocenters. The standard InChI is InChI=1S/C14H21NO/c1-3-4-5-6-10-15-14-9-7-8-13(11-14)12(2)16/h4-5,7-9,11-12,15-16H,3,6,10H2,1-2H3/b5-4+/t12-/m1/s1. The van der Waals surface area contributed by atoms with E-state index in [2.05, 4.69) is 24.4 Å². The highest BCUT2D eigenvalue weighted by Gasteiger charge is 2.00. The molecule has 0 bridgehead atoms. The lowest BCUT2D eigenvalue weighted by Gasteiger charge is -2.09. The fraction of sp³-hybridized carbons (Fsp3) is 0.429. The van der Waals surface area contributed by atoms with E-state index < -0.39 is 6.10 Å². The predicted octanol–water partition coefficient (Wildman–Crippen LogP) is 3.51. The van der Waals surface area contributed by atoms with Gasteiger partial charge in [-0.15, -0.1) is 0 Å². The topological polar surface area (TPSA) is 32.3 Å². The molecule has 0 aromatic heterocycles. The van der Waals surface area contributed by atoms with Crippen molar-refractivity contribution in [2.24, 2.45) is 0 Å². The highest BCUT2D eigenvalue weighted by Crippen LogP contribution is 2.16. The van der Waals surface area contributed by atoms with Crippen molar-refractivity contribution in [2.45, 2.75) is 32.8 Å². The van der Waals surface area contributed by atoms with Crippen LogP contribution in [0.2, 0.25) is 0 Å². The average Bonchev–Trinajstić information content (AvgIpc) is 2.29. The zero-order valence-corrected chi connectivity index (χ0v) is 10.1. The van der Waals surface area contributed by atoms with Gasteiger partial charge >= 0.3 is 0 Å². The van der Waals surface area contributed by atoms with Crippen LogP contribution in [0, 0.1) is 0 Å². The largest absolute Gasteiger partial charge is 0.389 e. The van der Waals surface area contributed by atoms with Gasteiger partial charge in [-0.1, -0.05) is 31.2 Å². The molecule has 16 heavy (non-hydrogen) atoms. The van der Waals surface area contributed by atoms with Gasteiger partial charge in [0.25, 0.3) is 0 Å². The fourth-order valence-electron chi connectivity index (χ4n) is 1.49. The monoisotopic (exact) mass is 219 g/mol. The van der Waals surface area contributed by atoms with Crippen molar-refractivity contribution in [3.8, 4) is 0 Å². The second kappa shape index (κ2) is 7.07. The van der Waals surface area contributed by atoms with Crippen LogP contribution in [0.25, 0.3) is 0 Å². The Bertz CT molecular complexity index is 331. The number of anilines is 1. The summed E-state index contributed by atoms with van der Waals surface area (Å²) >= 11 is 0. The van der Waals surface area contributed by atoms with E-state index in [0.717, 1.165) is 30.6 Å². The molecule has 1 aromatic rings. The minimum Gasteiger partial charge on any atom is -0.389 e. The first-order valence-electron chi connectivity index (χ1n) is 5.91. The molecule has 0 saturated heterocycles. The number of hydrogen-bond donors (Lipinski definition) is 2. The Morgan fingerprint density at radius 1 is 1.38 bits per heavy atom. The molecule has 1 aromatic carbocycles. The minimum atomic E-state index is -0.401. The van der Waals surface area contributed by atoms with Crippen molar-refractivity contribution >= 4 is 5.69 Å². The van der Waals surface area contributed by atoms with Gasteiger partial charge in [-0.25, -0.2) is 0 Å². The van der Waals surface area contributed by atoms with Gasteiger partial charge in [0, 0.05) is 12.2 Å². The van der Waals surface area contributed by atoms with Gasteiger partial charge in [-0.2, -0.15) is 0 Å². The Hall–Kier alpha value is -1.28. The zero-order chi connectivity index (χ0) is 11.8. The lowest BCUT2D eigenvalue weighted by Crippen LogP contribution is -2.01. The minimum absolute atomic E-state index is 0.401. The molecule has 0 heterocycles. The van der Waals surface area contributed by atoms with Crippen molar-refractivity contribution < 1.29 is 5.11 Å². The molecule has 0 amide bonds. The quantitative estimate of drug-likeness (QED) is 0.567. The first-order chi connectivity index (χ1) is 7.74. The van der Waals surface area contributed by atoms with Gasteiger partial charge in [0.2, 0.25) is 0 Å². The Morgan fingerprint density at radius 2 is 2.19 bits per heavy atom. The van der Waals surface area contributed by atoms with Gasteiger partial charge < -0.3 is 10.4 Å². The molecular weight excluding hydrogens is 198 g/mol. The Labute approximate surface area is 98.0 Å². The third-order valence-electron chi connectivity index (χ3n) is 2.41. The highest BCUT2D eigenvalue weighted by atomic mass is 16.3. The van der Waals surface area contributed by atoms with Crippen molar-refractivity contribution in [3.05, 3.63) is 42.0 Å². The van der Waals surface area contributed by atoms with Crippen LogP contribution in [-0.4, -0.2) is 11.7 Å². The summed E-state index contributed by atoms with van der Waals surface area (Å²) in [6, 6.07) is 7.92. The summed E-state index contributed by atoms with van der Waals surface area (Å²) in [7, 11) is 0.